The van der Waals surface area contributed by atoms with Crippen LogP contribution in [0, 0.1) is 5.82 Å². The van der Waals surface area contributed by atoms with Gasteiger partial charge >= 0.3 is 0 Å². The van der Waals surface area contributed by atoms with Crippen molar-refractivity contribution in [3.8, 4) is 0 Å². The highest BCUT2D eigenvalue weighted by molar-refractivity contribution is 5.92. The largest absolute Gasteiger partial charge is 0.322 e. The minimum Gasteiger partial charge on any atom is -0.322 e. The van der Waals surface area contributed by atoms with Crippen molar-refractivity contribution in [2.75, 3.05) is 11.9 Å². The maximum atomic E-state index is 13.5. The first-order valence-corrected chi connectivity index (χ1v) is 6.88. The lowest BCUT2D eigenvalue weighted by Gasteiger charge is -2.38. The van der Waals surface area contributed by atoms with Gasteiger partial charge in [-0.25, -0.2) is 4.39 Å². The Balaban J connectivity index is 1.96. The third-order valence-electron chi connectivity index (χ3n) is 3.85. The lowest BCUT2D eigenvalue weighted by molar-refractivity contribution is -0.118. The Hall–Kier alpha value is -1.42. The van der Waals surface area contributed by atoms with Gasteiger partial charge < -0.3 is 5.32 Å². The van der Waals surface area contributed by atoms with Gasteiger partial charge in [0.15, 0.2) is 0 Å². The minimum atomic E-state index is -0.393. The van der Waals surface area contributed by atoms with Gasteiger partial charge in [-0.05, 0) is 38.8 Å². The summed E-state index contributed by atoms with van der Waals surface area (Å²) < 4.78 is 13.5. The van der Waals surface area contributed by atoms with Crippen LogP contribution in [-0.4, -0.2) is 29.4 Å². The predicted molar refractivity (Wildman–Crippen MR) is 74.5 cm³/mol. The van der Waals surface area contributed by atoms with Crippen LogP contribution in [0.1, 0.15) is 33.1 Å². The average molecular weight is 264 g/mol. The van der Waals surface area contributed by atoms with Crippen LogP contribution in [0.5, 0.6) is 0 Å². The van der Waals surface area contributed by atoms with Crippen LogP contribution in [0.25, 0.3) is 0 Å². The lowest BCUT2D eigenvalue weighted by atomic mass is 9.97. The van der Waals surface area contributed by atoms with Crippen molar-refractivity contribution >= 4 is 11.6 Å². The van der Waals surface area contributed by atoms with Crippen molar-refractivity contribution < 1.29 is 9.18 Å². The fourth-order valence-electron chi connectivity index (χ4n) is 2.70. The molecular weight excluding hydrogens is 243 g/mol. The molecule has 1 saturated heterocycles. The number of nitrogens with one attached hydrogen (secondary N) is 1. The molecule has 2 rings (SSSR count). The molecule has 1 amide bonds. The zero-order valence-corrected chi connectivity index (χ0v) is 11.5. The predicted octanol–water partition coefficient (Wildman–Crippen LogP) is 3.03. The van der Waals surface area contributed by atoms with Gasteiger partial charge in [-0.2, -0.15) is 0 Å². The van der Waals surface area contributed by atoms with Gasteiger partial charge in [-0.1, -0.05) is 18.6 Å². The molecule has 1 aromatic carbocycles. The number of anilines is 1. The fraction of sp³-hybridized carbons (Fsp3) is 0.533. The molecule has 1 fully saturated rings. The zero-order valence-electron chi connectivity index (χ0n) is 11.5. The first kappa shape index (κ1) is 14.0. The van der Waals surface area contributed by atoms with E-state index in [9.17, 15) is 9.18 Å². The number of halogens is 1. The Bertz CT molecular complexity index is 440. The van der Waals surface area contributed by atoms with E-state index in [2.05, 4.69) is 24.1 Å². The molecule has 1 aromatic rings. The van der Waals surface area contributed by atoms with Crippen LogP contribution < -0.4 is 5.32 Å². The number of amides is 1. The Morgan fingerprint density at radius 2 is 1.95 bits per heavy atom. The standard InChI is InChI=1S/C15H21FN2O/c1-11-6-5-7-12(2)18(11)10-15(19)17-14-9-4-3-8-13(14)16/h3-4,8-9,11-12H,5-7,10H2,1-2H3,(H,17,19). The number of likely N-dealkylation sites (tertiary alicyclic amines) is 1. The highest BCUT2D eigenvalue weighted by Gasteiger charge is 2.26. The fourth-order valence-corrected chi connectivity index (χ4v) is 2.70. The van der Waals surface area contributed by atoms with E-state index in [0.717, 1.165) is 12.8 Å². The van der Waals surface area contributed by atoms with Gasteiger partial charge in [0.2, 0.25) is 5.91 Å². The van der Waals surface area contributed by atoms with Crippen molar-refractivity contribution in [1.82, 2.24) is 4.90 Å². The van der Waals surface area contributed by atoms with Gasteiger partial charge in [-0.15, -0.1) is 0 Å². The molecule has 4 heteroatoms. The summed E-state index contributed by atoms with van der Waals surface area (Å²) in [5.41, 5.74) is 0.254. The molecule has 2 atom stereocenters. The molecule has 1 heterocycles. The van der Waals surface area contributed by atoms with Crippen molar-refractivity contribution in [2.45, 2.75) is 45.2 Å². The molecule has 19 heavy (non-hydrogen) atoms. The number of carbonyl (C=O) groups excluding carboxylic acids is 1. The smallest absolute Gasteiger partial charge is 0.238 e. The molecule has 0 aromatic heterocycles. The second kappa shape index (κ2) is 6.15. The van der Waals surface area contributed by atoms with Crippen LogP contribution in [0.4, 0.5) is 10.1 Å². The second-order valence-corrected chi connectivity index (χ2v) is 5.33. The Labute approximate surface area is 113 Å². The molecule has 0 saturated carbocycles. The van der Waals surface area contributed by atoms with E-state index in [0.29, 0.717) is 18.6 Å². The molecule has 2 unspecified atom stereocenters. The maximum Gasteiger partial charge on any atom is 0.238 e. The van der Waals surface area contributed by atoms with E-state index < -0.39 is 5.82 Å². The summed E-state index contributed by atoms with van der Waals surface area (Å²) in [5.74, 6) is -0.540. The van der Waals surface area contributed by atoms with Crippen LogP contribution >= 0.6 is 0 Å². The summed E-state index contributed by atoms with van der Waals surface area (Å²) in [6.45, 7) is 4.62. The number of hydrogen-bond acceptors (Lipinski definition) is 2. The minimum absolute atomic E-state index is 0.147. The lowest BCUT2D eigenvalue weighted by Crippen LogP contribution is -2.47. The van der Waals surface area contributed by atoms with Gasteiger partial charge in [0.1, 0.15) is 5.82 Å². The molecule has 104 valence electrons. The van der Waals surface area contributed by atoms with Crippen molar-refractivity contribution in [2.24, 2.45) is 0 Å². The normalized spacial score (nSPS) is 24.2. The third-order valence-corrected chi connectivity index (χ3v) is 3.85. The number of hydrogen-bond donors (Lipinski definition) is 1. The molecule has 1 aliphatic rings. The molecule has 0 bridgehead atoms. The topological polar surface area (TPSA) is 32.3 Å². The van der Waals surface area contributed by atoms with Gasteiger partial charge in [0.25, 0.3) is 0 Å². The number of piperidine rings is 1. The molecule has 0 radical (unpaired) electrons. The molecule has 0 aliphatic carbocycles. The number of nitrogens with zero attached hydrogens (tertiary/aromatic N) is 1. The molecular formula is C15H21FN2O. The van der Waals surface area contributed by atoms with E-state index >= 15 is 0 Å². The summed E-state index contributed by atoms with van der Waals surface area (Å²) in [5, 5.41) is 2.64. The van der Waals surface area contributed by atoms with Crippen molar-refractivity contribution in [1.29, 1.82) is 0 Å². The van der Waals surface area contributed by atoms with Gasteiger partial charge in [0.05, 0.1) is 12.2 Å². The second-order valence-electron chi connectivity index (χ2n) is 5.33. The van der Waals surface area contributed by atoms with Crippen LogP contribution in [0.15, 0.2) is 24.3 Å². The van der Waals surface area contributed by atoms with E-state index in [1.165, 1.54) is 12.5 Å². The molecule has 1 aliphatic heterocycles. The quantitative estimate of drug-likeness (QED) is 0.910. The molecule has 0 spiro atoms. The number of rotatable bonds is 3. The summed E-state index contributed by atoms with van der Waals surface area (Å²) in [6, 6.07) is 7.08. The van der Waals surface area contributed by atoms with Crippen LogP contribution in [0.3, 0.4) is 0 Å². The number of carbonyl (C=O) groups is 1. The van der Waals surface area contributed by atoms with Gasteiger partial charge in [0, 0.05) is 12.1 Å². The number of para-hydroxylation sites is 1. The number of benzene rings is 1. The van der Waals surface area contributed by atoms with Crippen molar-refractivity contribution in [3.63, 3.8) is 0 Å². The third kappa shape index (κ3) is 3.53. The summed E-state index contributed by atoms with van der Waals surface area (Å²) >= 11 is 0. The summed E-state index contributed by atoms with van der Waals surface area (Å²) in [7, 11) is 0. The Morgan fingerprint density at radius 1 is 1.32 bits per heavy atom. The average Bonchev–Trinajstić information content (AvgIpc) is 2.37. The monoisotopic (exact) mass is 264 g/mol. The Morgan fingerprint density at radius 3 is 2.58 bits per heavy atom. The summed E-state index contributed by atoms with van der Waals surface area (Å²) in [4.78, 5) is 14.2. The van der Waals surface area contributed by atoms with E-state index in [1.807, 2.05) is 0 Å². The van der Waals surface area contributed by atoms with Crippen molar-refractivity contribution in [3.05, 3.63) is 30.1 Å². The SMILES string of the molecule is CC1CCCC(C)N1CC(=O)Nc1ccccc1F. The van der Waals surface area contributed by atoms with E-state index in [-0.39, 0.29) is 11.6 Å². The molecule has 3 nitrogen and oxygen atoms in total. The zero-order chi connectivity index (χ0) is 13.8. The van der Waals surface area contributed by atoms with E-state index in [4.69, 9.17) is 0 Å². The highest BCUT2D eigenvalue weighted by atomic mass is 19.1. The van der Waals surface area contributed by atoms with Crippen LogP contribution in [-0.2, 0) is 4.79 Å². The summed E-state index contributed by atoms with van der Waals surface area (Å²) in [6.07, 6.45) is 3.46. The Kier molecular flexibility index (Phi) is 4.53. The first-order chi connectivity index (χ1) is 9.08. The highest BCUT2D eigenvalue weighted by Crippen LogP contribution is 2.22. The first-order valence-electron chi connectivity index (χ1n) is 6.88. The maximum absolute atomic E-state index is 13.5. The van der Waals surface area contributed by atoms with Crippen LogP contribution in [0.2, 0.25) is 0 Å². The van der Waals surface area contributed by atoms with E-state index in [1.54, 1.807) is 18.2 Å². The van der Waals surface area contributed by atoms with Gasteiger partial charge in [-0.3, -0.25) is 9.69 Å². The molecule has 1 N–H and O–H groups in total.